The molecule has 90 valence electrons. The molecule has 2 rings (SSSR count). The smallest absolute Gasteiger partial charge is 0.258 e. The minimum Gasteiger partial charge on any atom is -0.258 e. The number of aryl methyl sites for hydroxylation is 1. The van der Waals surface area contributed by atoms with Crippen molar-refractivity contribution < 1.29 is 4.92 Å². The SMILES string of the molecule is Cc1cccc(N=Cc2ccc([N+](=O)[O-])cc2)c1. The zero-order valence-electron chi connectivity index (χ0n) is 9.91. The molecule has 0 aromatic heterocycles. The maximum atomic E-state index is 10.5. The number of aliphatic imine (C=N–C) groups is 1. The maximum absolute atomic E-state index is 10.5. The van der Waals surface area contributed by atoms with Gasteiger partial charge in [0, 0.05) is 18.3 Å². The van der Waals surface area contributed by atoms with E-state index in [2.05, 4.69) is 4.99 Å². The minimum atomic E-state index is -0.415. The Balaban J connectivity index is 2.16. The summed E-state index contributed by atoms with van der Waals surface area (Å²) in [5.74, 6) is 0. The zero-order valence-corrected chi connectivity index (χ0v) is 9.91. The molecule has 0 heterocycles. The number of hydrogen-bond acceptors (Lipinski definition) is 3. The van der Waals surface area contributed by atoms with E-state index in [0.29, 0.717) is 0 Å². The Bertz CT molecular complexity index is 589. The first-order chi connectivity index (χ1) is 8.65. The Morgan fingerprint density at radius 1 is 1.17 bits per heavy atom. The van der Waals surface area contributed by atoms with Crippen LogP contribution < -0.4 is 0 Å². The second kappa shape index (κ2) is 5.23. The van der Waals surface area contributed by atoms with Crippen molar-refractivity contribution >= 4 is 17.6 Å². The lowest BCUT2D eigenvalue weighted by atomic mass is 10.2. The first kappa shape index (κ1) is 12.0. The molecule has 4 heteroatoms. The number of nitrogens with zero attached hydrogens (tertiary/aromatic N) is 2. The summed E-state index contributed by atoms with van der Waals surface area (Å²) < 4.78 is 0. The molecule has 0 aliphatic carbocycles. The van der Waals surface area contributed by atoms with Crippen molar-refractivity contribution in [3.05, 3.63) is 69.8 Å². The van der Waals surface area contributed by atoms with Gasteiger partial charge in [0.15, 0.2) is 0 Å². The van der Waals surface area contributed by atoms with Gasteiger partial charge < -0.3 is 0 Å². The molecule has 2 aromatic rings. The highest BCUT2D eigenvalue weighted by atomic mass is 16.6. The van der Waals surface area contributed by atoms with E-state index in [9.17, 15) is 10.1 Å². The third-order valence-electron chi connectivity index (χ3n) is 2.47. The molecule has 18 heavy (non-hydrogen) atoms. The fraction of sp³-hybridized carbons (Fsp3) is 0.0714. The lowest BCUT2D eigenvalue weighted by Crippen LogP contribution is -1.88. The van der Waals surface area contributed by atoms with Gasteiger partial charge in [0.05, 0.1) is 10.6 Å². The van der Waals surface area contributed by atoms with Crippen LogP contribution in [0.4, 0.5) is 11.4 Å². The Morgan fingerprint density at radius 3 is 2.50 bits per heavy atom. The van der Waals surface area contributed by atoms with Gasteiger partial charge in [0.25, 0.3) is 5.69 Å². The van der Waals surface area contributed by atoms with Crippen LogP contribution in [0.3, 0.4) is 0 Å². The molecule has 0 amide bonds. The molecule has 0 bridgehead atoms. The lowest BCUT2D eigenvalue weighted by molar-refractivity contribution is -0.384. The summed E-state index contributed by atoms with van der Waals surface area (Å²) in [6, 6.07) is 14.1. The maximum Gasteiger partial charge on any atom is 0.269 e. The van der Waals surface area contributed by atoms with E-state index in [4.69, 9.17) is 0 Å². The molecule has 0 radical (unpaired) electrons. The van der Waals surface area contributed by atoms with Crippen LogP contribution in [0.15, 0.2) is 53.5 Å². The standard InChI is InChI=1S/C14H12N2O2/c1-11-3-2-4-13(9-11)15-10-12-5-7-14(8-6-12)16(17)18/h2-10H,1H3. The Labute approximate surface area is 105 Å². The van der Waals surface area contributed by atoms with Crippen LogP contribution >= 0.6 is 0 Å². The molecule has 0 saturated heterocycles. The van der Waals surface area contributed by atoms with E-state index < -0.39 is 4.92 Å². The van der Waals surface area contributed by atoms with Crippen LogP contribution in [0.2, 0.25) is 0 Å². The van der Waals surface area contributed by atoms with Crippen molar-refractivity contribution in [3.8, 4) is 0 Å². The third kappa shape index (κ3) is 3.01. The summed E-state index contributed by atoms with van der Waals surface area (Å²) in [5.41, 5.74) is 2.94. The average Bonchev–Trinajstić information content (AvgIpc) is 2.37. The summed E-state index contributed by atoms with van der Waals surface area (Å²) >= 11 is 0. The van der Waals surface area contributed by atoms with Crippen LogP contribution in [-0.4, -0.2) is 11.1 Å². The molecule has 0 spiro atoms. The molecule has 0 saturated carbocycles. The summed E-state index contributed by atoms with van der Waals surface area (Å²) in [4.78, 5) is 14.4. The zero-order chi connectivity index (χ0) is 13.0. The van der Waals surface area contributed by atoms with E-state index in [1.807, 2.05) is 31.2 Å². The van der Waals surface area contributed by atoms with Crippen LogP contribution in [-0.2, 0) is 0 Å². The molecule has 0 atom stereocenters. The lowest BCUT2D eigenvalue weighted by Gasteiger charge is -1.96. The van der Waals surface area contributed by atoms with Crippen molar-refractivity contribution in [2.24, 2.45) is 4.99 Å². The Hall–Kier alpha value is -2.49. The van der Waals surface area contributed by atoms with Gasteiger partial charge in [-0.3, -0.25) is 15.1 Å². The topological polar surface area (TPSA) is 55.5 Å². The summed E-state index contributed by atoms with van der Waals surface area (Å²) in [5, 5.41) is 10.5. The molecular formula is C14H12N2O2. The summed E-state index contributed by atoms with van der Waals surface area (Å²) in [6.07, 6.45) is 1.69. The highest BCUT2D eigenvalue weighted by molar-refractivity contribution is 5.82. The molecule has 4 nitrogen and oxygen atoms in total. The number of nitro groups is 1. The fourth-order valence-electron chi connectivity index (χ4n) is 1.54. The van der Waals surface area contributed by atoms with Gasteiger partial charge in [-0.2, -0.15) is 0 Å². The normalized spacial score (nSPS) is 10.7. The molecule has 0 fully saturated rings. The second-order valence-electron chi connectivity index (χ2n) is 3.95. The van der Waals surface area contributed by atoms with Gasteiger partial charge in [-0.1, -0.05) is 12.1 Å². The van der Waals surface area contributed by atoms with Crippen molar-refractivity contribution in [1.82, 2.24) is 0 Å². The monoisotopic (exact) mass is 240 g/mol. The van der Waals surface area contributed by atoms with E-state index in [1.165, 1.54) is 12.1 Å². The van der Waals surface area contributed by atoms with E-state index in [1.54, 1.807) is 18.3 Å². The third-order valence-corrected chi connectivity index (χ3v) is 2.47. The number of nitro benzene ring substituents is 1. The molecule has 0 N–H and O–H groups in total. The highest BCUT2D eigenvalue weighted by Gasteiger charge is 2.02. The van der Waals surface area contributed by atoms with Crippen LogP contribution in [0, 0.1) is 17.0 Å². The predicted molar refractivity (Wildman–Crippen MR) is 71.5 cm³/mol. The molecule has 0 unspecified atom stereocenters. The number of non-ortho nitro benzene ring substituents is 1. The van der Waals surface area contributed by atoms with Crippen molar-refractivity contribution in [3.63, 3.8) is 0 Å². The van der Waals surface area contributed by atoms with Crippen molar-refractivity contribution in [2.75, 3.05) is 0 Å². The summed E-state index contributed by atoms with van der Waals surface area (Å²) in [7, 11) is 0. The molecular weight excluding hydrogens is 228 g/mol. The van der Waals surface area contributed by atoms with Gasteiger partial charge in [-0.15, -0.1) is 0 Å². The molecule has 2 aromatic carbocycles. The van der Waals surface area contributed by atoms with Crippen LogP contribution in [0.1, 0.15) is 11.1 Å². The Kier molecular flexibility index (Phi) is 3.48. The quantitative estimate of drug-likeness (QED) is 0.467. The predicted octanol–water partition coefficient (Wildman–Crippen LogP) is 3.65. The van der Waals surface area contributed by atoms with Gasteiger partial charge in [0.1, 0.15) is 0 Å². The number of rotatable bonds is 3. The Morgan fingerprint density at radius 2 is 1.89 bits per heavy atom. The van der Waals surface area contributed by atoms with Gasteiger partial charge in [-0.25, -0.2) is 0 Å². The molecule has 0 aliphatic heterocycles. The van der Waals surface area contributed by atoms with E-state index in [0.717, 1.165) is 16.8 Å². The molecule has 0 aliphatic rings. The van der Waals surface area contributed by atoms with E-state index in [-0.39, 0.29) is 5.69 Å². The van der Waals surface area contributed by atoms with Gasteiger partial charge in [-0.05, 0) is 42.3 Å². The van der Waals surface area contributed by atoms with Crippen molar-refractivity contribution in [2.45, 2.75) is 6.92 Å². The first-order valence-electron chi connectivity index (χ1n) is 5.50. The average molecular weight is 240 g/mol. The highest BCUT2D eigenvalue weighted by Crippen LogP contribution is 2.14. The summed E-state index contributed by atoms with van der Waals surface area (Å²) in [6.45, 7) is 2.00. The first-order valence-corrected chi connectivity index (χ1v) is 5.50. The number of benzene rings is 2. The fourth-order valence-corrected chi connectivity index (χ4v) is 1.54. The van der Waals surface area contributed by atoms with E-state index >= 15 is 0 Å². The largest absolute Gasteiger partial charge is 0.269 e. The van der Waals surface area contributed by atoms with Crippen LogP contribution in [0.5, 0.6) is 0 Å². The number of hydrogen-bond donors (Lipinski definition) is 0. The second-order valence-corrected chi connectivity index (χ2v) is 3.95. The van der Waals surface area contributed by atoms with Crippen molar-refractivity contribution in [1.29, 1.82) is 0 Å². The van der Waals surface area contributed by atoms with Crippen LogP contribution in [0.25, 0.3) is 0 Å². The minimum absolute atomic E-state index is 0.0858. The van der Waals surface area contributed by atoms with Gasteiger partial charge in [0.2, 0.25) is 0 Å². The van der Waals surface area contributed by atoms with Gasteiger partial charge >= 0.3 is 0 Å².